The molecule has 0 spiro atoms. The van der Waals surface area contributed by atoms with E-state index in [0.29, 0.717) is 19.3 Å². The van der Waals surface area contributed by atoms with E-state index < -0.39 is 6.10 Å². The van der Waals surface area contributed by atoms with Crippen LogP contribution in [-0.4, -0.2) is 37.2 Å². The van der Waals surface area contributed by atoms with Gasteiger partial charge in [0.15, 0.2) is 6.10 Å². The van der Waals surface area contributed by atoms with Crippen LogP contribution in [0.4, 0.5) is 0 Å². The minimum Gasteiger partial charge on any atom is -0.462 e. The highest BCUT2D eigenvalue weighted by molar-refractivity contribution is 5.71. The molecular weight excluding hydrogens is 841 g/mol. The van der Waals surface area contributed by atoms with Gasteiger partial charge in [0.05, 0.1) is 0 Å². The summed E-state index contributed by atoms with van der Waals surface area (Å²) in [6.45, 7) is 6.29. The maximum absolute atomic E-state index is 12.8. The summed E-state index contributed by atoms with van der Waals surface area (Å²) in [4.78, 5) is 38.1. The normalized spacial score (nSPS) is 13.3. The van der Waals surface area contributed by atoms with Crippen LogP contribution in [0.1, 0.15) is 207 Å². The molecule has 6 heteroatoms. The van der Waals surface area contributed by atoms with Crippen LogP contribution in [-0.2, 0) is 28.6 Å². The summed E-state index contributed by atoms with van der Waals surface area (Å²) in [6, 6.07) is 0. The van der Waals surface area contributed by atoms with Crippen molar-refractivity contribution in [3.63, 3.8) is 0 Å². The van der Waals surface area contributed by atoms with Gasteiger partial charge in [-0.3, -0.25) is 14.4 Å². The summed E-state index contributed by atoms with van der Waals surface area (Å²) in [5.74, 6) is -1.02. The standard InChI is InChI=1S/C62H96O6/c1-4-7-10-13-16-19-22-25-28-30-32-34-37-40-43-46-49-52-55-61(64)67-58-59(57-66-60(63)54-51-48-45-42-39-36-33-27-24-21-18-15-12-9-6-3)68-62(65)56-53-50-47-44-41-38-35-31-29-26-23-20-17-14-11-8-5-2/h9-10,12-13,15-22,24-26,28-30,32,34-35,38,44,47,59H,4-8,11,14,23,27,31,33,36-37,39-43,45-46,48-58H2,1-3H3/b12-9-,13-10-,18-15-,19-16-,20-17-,24-21-,25-22-,29-26-,30-28-,34-32-,38-35-,47-44-. The number of unbranched alkanes of at least 4 members (excludes halogenated alkanes) is 17. The molecule has 6 nitrogen and oxygen atoms in total. The van der Waals surface area contributed by atoms with Crippen LogP contribution < -0.4 is 0 Å². The van der Waals surface area contributed by atoms with Crippen molar-refractivity contribution in [3.8, 4) is 0 Å². The molecule has 0 aliphatic rings. The number of esters is 3. The highest BCUT2D eigenvalue weighted by Crippen LogP contribution is 2.13. The molecule has 68 heavy (non-hydrogen) atoms. The van der Waals surface area contributed by atoms with Crippen molar-refractivity contribution in [3.05, 3.63) is 146 Å². The third-order valence-corrected chi connectivity index (χ3v) is 10.7. The number of carbonyl (C=O) groups excluding carboxylic acids is 3. The van der Waals surface area contributed by atoms with Crippen molar-refractivity contribution >= 4 is 17.9 Å². The molecule has 0 amide bonds. The second-order valence-corrected chi connectivity index (χ2v) is 17.2. The van der Waals surface area contributed by atoms with E-state index in [1.165, 1.54) is 51.4 Å². The number of hydrogen-bond donors (Lipinski definition) is 0. The summed E-state index contributed by atoms with van der Waals surface area (Å²) in [7, 11) is 0. The Labute approximate surface area is 417 Å². The number of carbonyl (C=O) groups is 3. The van der Waals surface area contributed by atoms with E-state index in [1.54, 1.807) is 0 Å². The van der Waals surface area contributed by atoms with Crippen molar-refractivity contribution in [2.24, 2.45) is 0 Å². The first-order valence-electron chi connectivity index (χ1n) is 26.9. The zero-order valence-electron chi connectivity index (χ0n) is 43.3. The molecule has 0 saturated heterocycles. The third-order valence-electron chi connectivity index (χ3n) is 10.7. The lowest BCUT2D eigenvalue weighted by Gasteiger charge is -2.18. The van der Waals surface area contributed by atoms with Crippen LogP contribution in [0.3, 0.4) is 0 Å². The molecule has 0 rings (SSSR count). The monoisotopic (exact) mass is 937 g/mol. The fraction of sp³-hybridized carbons (Fsp3) is 0.565. The summed E-state index contributed by atoms with van der Waals surface area (Å²) in [6.07, 6.45) is 78.2. The van der Waals surface area contributed by atoms with Gasteiger partial charge in [-0.05, 0) is 96.3 Å². The second kappa shape index (κ2) is 54.9. The van der Waals surface area contributed by atoms with E-state index in [1.807, 2.05) is 36.5 Å². The molecule has 1 atom stereocenters. The molecular formula is C62H96O6. The first kappa shape index (κ1) is 63.3. The van der Waals surface area contributed by atoms with E-state index in [-0.39, 0.29) is 37.5 Å². The highest BCUT2D eigenvalue weighted by atomic mass is 16.6. The van der Waals surface area contributed by atoms with Crippen LogP contribution >= 0.6 is 0 Å². The second-order valence-electron chi connectivity index (χ2n) is 17.2. The Morgan fingerprint density at radius 2 is 0.676 bits per heavy atom. The van der Waals surface area contributed by atoms with Gasteiger partial charge in [-0.1, -0.05) is 237 Å². The minimum atomic E-state index is -0.829. The van der Waals surface area contributed by atoms with Crippen LogP contribution in [0.5, 0.6) is 0 Å². The van der Waals surface area contributed by atoms with E-state index in [9.17, 15) is 14.4 Å². The lowest BCUT2D eigenvalue weighted by Crippen LogP contribution is -2.30. The molecule has 0 N–H and O–H groups in total. The lowest BCUT2D eigenvalue weighted by molar-refractivity contribution is -0.167. The summed E-state index contributed by atoms with van der Waals surface area (Å²) >= 11 is 0. The minimum absolute atomic E-state index is 0.121. The number of allylic oxidation sites excluding steroid dienone is 24. The Kier molecular flexibility index (Phi) is 51.1. The quantitative estimate of drug-likeness (QED) is 0.0199. The van der Waals surface area contributed by atoms with Crippen molar-refractivity contribution in [1.29, 1.82) is 0 Å². The Bertz CT molecular complexity index is 1540. The lowest BCUT2D eigenvalue weighted by atomic mass is 10.1. The summed E-state index contributed by atoms with van der Waals surface area (Å²) < 4.78 is 16.7. The smallest absolute Gasteiger partial charge is 0.306 e. The number of ether oxygens (including phenoxy) is 3. The number of hydrogen-bond acceptors (Lipinski definition) is 6. The Morgan fingerprint density at radius 1 is 0.324 bits per heavy atom. The molecule has 0 fully saturated rings. The zero-order chi connectivity index (χ0) is 49.3. The molecule has 0 aliphatic heterocycles. The SMILES string of the molecule is CC\C=C/C=C\C=C/CCCCCCCCCC(=O)OCC(COC(=O)CCCCCCC\C=C/C=C\C=C/C=C\C=C/CCC)OC(=O)CCC/C=C\C/C=C\C/C=C\C/C=C\CCCCC. The Balaban J connectivity index is 4.59. The van der Waals surface area contributed by atoms with Crippen molar-refractivity contribution < 1.29 is 28.6 Å². The van der Waals surface area contributed by atoms with Gasteiger partial charge < -0.3 is 14.2 Å². The Morgan fingerprint density at radius 3 is 1.13 bits per heavy atom. The summed E-state index contributed by atoms with van der Waals surface area (Å²) in [5, 5.41) is 0. The number of rotatable bonds is 46. The molecule has 380 valence electrons. The fourth-order valence-corrected chi connectivity index (χ4v) is 6.70. The molecule has 0 aromatic carbocycles. The summed E-state index contributed by atoms with van der Waals surface area (Å²) in [5.41, 5.74) is 0. The average molecular weight is 937 g/mol. The van der Waals surface area contributed by atoms with Crippen LogP contribution in [0.2, 0.25) is 0 Å². The van der Waals surface area contributed by atoms with Crippen molar-refractivity contribution in [2.45, 2.75) is 213 Å². The molecule has 0 aliphatic carbocycles. The van der Waals surface area contributed by atoms with Gasteiger partial charge >= 0.3 is 17.9 Å². The van der Waals surface area contributed by atoms with Crippen molar-refractivity contribution in [1.82, 2.24) is 0 Å². The molecule has 0 bridgehead atoms. The van der Waals surface area contributed by atoms with Crippen LogP contribution in [0, 0.1) is 0 Å². The predicted molar refractivity (Wildman–Crippen MR) is 292 cm³/mol. The predicted octanol–water partition coefficient (Wildman–Crippen LogP) is 18.0. The molecule has 0 heterocycles. The first-order chi connectivity index (χ1) is 33.5. The van der Waals surface area contributed by atoms with Gasteiger partial charge in [0.2, 0.25) is 0 Å². The maximum atomic E-state index is 12.8. The highest BCUT2D eigenvalue weighted by Gasteiger charge is 2.19. The third kappa shape index (κ3) is 52.3. The van der Waals surface area contributed by atoms with E-state index in [2.05, 4.69) is 130 Å². The molecule has 0 radical (unpaired) electrons. The van der Waals surface area contributed by atoms with Gasteiger partial charge in [-0.15, -0.1) is 0 Å². The fourth-order valence-electron chi connectivity index (χ4n) is 6.70. The average Bonchev–Trinajstić information content (AvgIpc) is 3.34. The molecule has 0 aromatic heterocycles. The first-order valence-corrected chi connectivity index (χ1v) is 26.9. The van der Waals surface area contributed by atoms with Gasteiger partial charge in [0, 0.05) is 19.3 Å². The molecule has 0 saturated carbocycles. The van der Waals surface area contributed by atoms with Gasteiger partial charge in [0.25, 0.3) is 0 Å². The maximum Gasteiger partial charge on any atom is 0.306 e. The van der Waals surface area contributed by atoms with E-state index >= 15 is 0 Å². The van der Waals surface area contributed by atoms with Gasteiger partial charge in [0.1, 0.15) is 13.2 Å². The Hall–Kier alpha value is -4.71. The topological polar surface area (TPSA) is 78.9 Å². The zero-order valence-corrected chi connectivity index (χ0v) is 43.3. The van der Waals surface area contributed by atoms with Gasteiger partial charge in [-0.2, -0.15) is 0 Å². The van der Waals surface area contributed by atoms with E-state index in [0.717, 1.165) is 109 Å². The van der Waals surface area contributed by atoms with Crippen molar-refractivity contribution in [2.75, 3.05) is 13.2 Å². The van der Waals surface area contributed by atoms with E-state index in [4.69, 9.17) is 14.2 Å². The van der Waals surface area contributed by atoms with Gasteiger partial charge in [-0.25, -0.2) is 0 Å². The van der Waals surface area contributed by atoms with Crippen LogP contribution in [0.15, 0.2) is 146 Å². The molecule has 1 unspecified atom stereocenters. The van der Waals surface area contributed by atoms with Crippen LogP contribution in [0.25, 0.3) is 0 Å². The largest absolute Gasteiger partial charge is 0.462 e. The molecule has 0 aromatic rings.